The first-order valence-electron chi connectivity index (χ1n) is 9.96. The molecule has 0 radical (unpaired) electrons. The van der Waals surface area contributed by atoms with Crippen molar-refractivity contribution in [3.05, 3.63) is 72.3 Å². The molecule has 2 heterocycles. The molecule has 3 aromatic rings. The van der Waals surface area contributed by atoms with Crippen molar-refractivity contribution in [3.8, 4) is 5.69 Å². The van der Waals surface area contributed by atoms with Gasteiger partial charge in [0.2, 0.25) is 0 Å². The van der Waals surface area contributed by atoms with Crippen molar-refractivity contribution in [2.24, 2.45) is 4.99 Å². The fraction of sp³-hybridized carbons (Fsp3) is 0.318. The Morgan fingerprint density at radius 1 is 1.10 bits per heavy atom. The standard InChI is InChI=1S/C22H27N7.HI/c1-17-8-10-19(11-9-17)28-13-12-18(15-28)26-22(23-2)24-14-21-27-25-16-29(21)20-6-4-3-5-7-20;/h3-11,16,18H,12-15H2,1-2H3,(H2,23,24,26);1H. The zero-order chi connectivity index (χ0) is 20.1. The van der Waals surface area contributed by atoms with Crippen LogP contribution in [0.25, 0.3) is 5.69 Å². The van der Waals surface area contributed by atoms with Gasteiger partial charge in [-0.25, -0.2) is 0 Å². The molecule has 7 nitrogen and oxygen atoms in total. The van der Waals surface area contributed by atoms with Gasteiger partial charge in [-0.05, 0) is 37.6 Å². The molecule has 1 saturated heterocycles. The second-order valence-corrected chi connectivity index (χ2v) is 7.29. The van der Waals surface area contributed by atoms with Crippen LogP contribution in [0, 0.1) is 6.92 Å². The molecule has 1 fully saturated rings. The zero-order valence-corrected chi connectivity index (χ0v) is 19.7. The molecule has 1 aliphatic rings. The number of nitrogens with one attached hydrogen (secondary N) is 2. The van der Waals surface area contributed by atoms with Crippen molar-refractivity contribution in [2.45, 2.75) is 25.9 Å². The number of guanidine groups is 1. The van der Waals surface area contributed by atoms with Gasteiger partial charge in [0.25, 0.3) is 0 Å². The van der Waals surface area contributed by atoms with Gasteiger partial charge in [-0.15, -0.1) is 34.2 Å². The lowest BCUT2D eigenvalue weighted by molar-refractivity contribution is 0.643. The molecule has 0 spiro atoms. The summed E-state index contributed by atoms with van der Waals surface area (Å²) in [6, 6.07) is 19.2. The summed E-state index contributed by atoms with van der Waals surface area (Å²) in [5.41, 5.74) is 3.61. The van der Waals surface area contributed by atoms with Crippen molar-refractivity contribution in [1.82, 2.24) is 25.4 Å². The third-order valence-electron chi connectivity index (χ3n) is 5.22. The summed E-state index contributed by atoms with van der Waals surface area (Å²) in [4.78, 5) is 6.79. The fourth-order valence-electron chi connectivity index (χ4n) is 3.60. The number of halogens is 1. The van der Waals surface area contributed by atoms with Gasteiger partial charge in [-0.1, -0.05) is 35.9 Å². The van der Waals surface area contributed by atoms with E-state index >= 15 is 0 Å². The van der Waals surface area contributed by atoms with Crippen LogP contribution in [-0.2, 0) is 6.54 Å². The number of aryl methyl sites for hydroxylation is 1. The number of hydrogen-bond acceptors (Lipinski definition) is 4. The van der Waals surface area contributed by atoms with E-state index in [1.165, 1.54) is 11.3 Å². The highest BCUT2D eigenvalue weighted by atomic mass is 127. The number of nitrogens with zero attached hydrogens (tertiary/aromatic N) is 5. The molecule has 1 aliphatic heterocycles. The van der Waals surface area contributed by atoms with Crippen molar-refractivity contribution in [1.29, 1.82) is 0 Å². The molecule has 1 atom stereocenters. The van der Waals surface area contributed by atoms with E-state index in [2.05, 4.69) is 61.9 Å². The van der Waals surface area contributed by atoms with Gasteiger partial charge in [0, 0.05) is 37.6 Å². The summed E-state index contributed by atoms with van der Waals surface area (Å²) in [5, 5.41) is 15.2. The van der Waals surface area contributed by atoms with E-state index in [9.17, 15) is 0 Å². The van der Waals surface area contributed by atoms with E-state index in [0.29, 0.717) is 12.6 Å². The van der Waals surface area contributed by atoms with E-state index in [-0.39, 0.29) is 24.0 Å². The maximum absolute atomic E-state index is 4.38. The van der Waals surface area contributed by atoms with Gasteiger partial charge >= 0.3 is 0 Å². The molecule has 8 heteroatoms. The molecule has 158 valence electrons. The highest BCUT2D eigenvalue weighted by molar-refractivity contribution is 14.0. The number of rotatable bonds is 5. The predicted octanol–water partition coefficient (Wildman–Crippen LogP) is 3.14. The van der Waals surface area contributed by atoms with Crippen LogP contribution in [0.2, 0.25) is 0 Å². The average Bonchev–Trinajstić information content (AvgIpc) is 3.42. The minimum Gasteiger partial charge on any atom is -0.369 e. The van der Waals surface area contributed by atoms with Gasteiger partial charge in [0.1, 0.15) is 6.33 Å². The summed E-state index contributed by atoms with van der Waals surface area (Å²) in [6.45, 7) is 4.67. The minimum atomic E-state index is 0. The van der Waals surface area contributed by atoms with Crippen molar-refractivity contribution < 1.29 is 0 Å². The normalized spacial score (nSPS) is 16.3. The van der Waals surface area contributed by atoms with Crippen molar-refractivity contribution >= 4 is 35.6 Å². The van der Waals surface area contributed by atoms with Gasteiger partial charge < -0.3 is 15.5 Å². The Balaban J connectivity index is 0.00000256. The maximum atomic E-state index is 4.38. The molecule has 1 unspecified atom stereocenters. The number of benzene rings is 2. The van der Waals surface area contributed by atoms with Gasteiger partial charge in [0.05, 0.1) is 6.54 Å². The molecule has 4 rings (SSSR count). The highest BCUT2D eigenvalue weighted by Crippen LogP contribution is 2.20. The Hall–Kier alpha value is -2.62. The molecule has 2 N–H and O–H groups in total. The number of para-hydroxylation sites is 1. The molecule has 30 heavy (non-hydrogen) atoms. The molecule has 2 aromatic carbocycles. The minimum absolute atomic E-state index is 0. The predicted molar refractivity (Wildman–Crippen MR) is 132 cm³/mol. The molecule has 0 saturated carbocycles. The van der Waals surface area contributed by atoms with Crippen LogP contribution in [0.5, 0.6) is 0 Å². The van der Waals surface area contributed by atoms with E-state index in [4.69, 9.17) is 0 Å². The Morgan fingerprint density at radius 2 is 1.87 bits per heavy atom. The van der Waals surface area contributed by atoms with Crippen LogP contribution in [0.15, 0.2) is 65.9 Å². The maximum Gasteiger partial charge on any atom is 0.191 e. The van der Waals surface area contributed by atoms with E-state index in [1.807, 2.05) is 34.9 Å². The summed E-state index contributed by atoms with van der Waals surface area (Å²) in [6.07, 6.45) is 2.81. The monoisotopic (exact) mass is 517 g/mol. The largest absolute Gasteiger partial charge is 0.369 e. The lowest BCUT2D eigenvalue weighted by Gasteiger charge is -2.20. The quantitative estimate of drug-likeness (QED) is 0.309. The summed E-state index contributed by atoms with van der Waals surface area (Å²) >= 11 is 0. The van der Waals surface area contributed by atoms with Crippen LogP contribution in [0.4, 0.5) is 5.69 Å². The number of aliphatic imine (C=N–C) groups is 1. The van der Waals surface area contributed by atoms with Gasteiger partial charge in [-0.2, -0.15) is 0 Å². The Kier molecular flexibility index (Phi) is 7.67. The Labute approximate surface area is 194 Å². The van der Waals surface area contributed by atoms with Crippen LogP contribution in [0.3, 0.4) is 0 Å². The van der Waals surface area contributed by atoms with Crippen molar-refractivity contribution in [2.75, 3.05) is 25.0 Å². The zero-order valence-electron chi connectivity index (χ0n) is 17.3. The number of aromatic nitrogens is 3. The van der Waals surface area contributed by atoms with Gasteiger partial charge in [-0.3, -0.25) is 9.56 Å². The SMILES string of the molecule is CN=C(NCc1nncn1-c1ccccc1)NC1CCN(c2ccc(C)cc2)C1.I. The smallest absolute Gasteiger partial charge is 0.191 e. The Bertz CT molecular complexity index is 953. The molecule has 0 bridgehead atoms. The summed E-state index contributed by atoms with van der Waals surface area (Å²) in [5.74, 6) is 1.62. The van der Waals surface area contributed by atoms with Gasteiger partial charge in [0.15, 0.2) is 11.8 Å². The van der Waals surface area contributed by atoms with Crippen LogP contribution in [0.1, 0.15) is 17.8 Å². The van der Waals surface area contributed by atoms with Crippen molar-refractivity contribution in [3.63, 3.8) is 0 Å². The average molecular weight is 517 g/mol. The lowest BCUT2D eigenvalue weighted by Crippen LogP contribution is -2.44. The second kappa shape index (κ2) is 10.4. The van der Waals surface area contributed by atoms with E-state index in [0.717, 1.165) is 37.0 Å². The first kappa shape index (κ1) is 22.1. The molecule has 0 aliphatic carbocycles. The van der Waals surface area contributed by atoms with Crippen LogP contribution in [-0.4, -0.2) is 46.9 Å². The molecular formula is C22H28IN7. The Morgan fingerprint density at radius 3 is 2.60 bits per heavy atom. The first-order chi connectivity index (χ1) is 14.2. The second-order valence-electron chi connectivity index (χ2n) is 7.29. The topological polar surface area (TPSA) is 70.4 Å². The molecular weight excluding hydrogens is 489 g/mol. The fourth-order valence-corrected chi connectivity index (χ4v) is 3.60. The highest BCUT2D eigenvalue weighted by Gasteiger charge is 2.23. The lowest BCUT2D eigenvalue weighted by atomic mass is 10.2. The number of hydrogen-bond donors (Lipinski definition) is 2. The third kappa shape index (κ3) is 5.29. The summed E-state index contributed by atoms with van der Waals surface area (Å²) < 4.78 is 1.98. The third-order valence-corrected chi connectivity index (χ3v) is 5.22. The number of anilines is 1. The molecule has 1 aromatic heterocycles. The molecule has 0 amide bonds. The van der Waals surface area contributed by atoms with Crippen LogP contribution >= 0.6 is 24.0 Å². The van der Waals surface area contributed by atoms with E-state index in [1.54, 1.807) is 13.4 Å². The first-order valence-corrected chi connectivity index (χ1v) is 9.96. The summed E-state index contributed by atoms with van der Waals surface area (Å²) in [7, 11) is 1.80. The van der Waals surface area contributed by atoms with E-state index < -0.39 is 0 Å². The van der Waals surface area contributed by atoms with Crippen LogP contribution < -0.4 is 15.5 Å².